The molecule has 1 aliphatic heterocycles. The van der Waals surface area contributed by atoms with Gasteiger partial charge in [-0.3, -0.25) is 0 Å². The van der Waals surface area contributed by atoms with Crippen LogP contribution in [-0.2, 0) is 4.74 Å². The number of anilines is 3. The third-order valence-corrected chi connectivity index (χ3v) is 4.87. The third kappa shape index (κ3) is 3.02. The summed E-state index contributed by atoms with van der Waals surface area (Å²) in [5, 5.41) is 13.2. The second-order valence-corrected chi connectivity index (χ2v) is 6.43. The van der Waals surface area contributed by atoms with E-state index in [0.717, 1.165) is 47.3 Å². The molecule has 0 amide bonds. The summed E-state index contributed by atoms with van der Waals surface area (Å²) in [5.74, 6) is 0.659. The molecule has 1 aliphatic rings. The molecular formula is C17H15N5OS. The van der Waals surface area contributed by atoms with Crippen molar-refractivity contribution in [1.29, 1.82) is 5.26 Å². The van der Waals surface area contributed by atoms with E-state index < -0.39 is 0 Å². The van der Waals surface area contributed by atoms with E-state index in [1.54, 1.807) is 17.4 Å². The number of fused-ring (bicyclic) bond motifs is 1. The van der Waals surface area contributed by atoms with Gasteiger partial charge in [-0.25, -0.2) is 9.97 Å². The average Bonchev–Trinajstić information content (AvgIpc) is 3.06. The van der Waals surface area contributed by atoms with Crippen molar-refractivity contribution in [2.24, 2.45) is 0 Å². The van der Waals surface area contributed by atoms with Gasteiger partial charge < -0.3 is 15.0 Å². The zero-order valence-corrected chi connectivity index (χ0v) is 13.7. The number of nitrogens with one attached hydrogen (secondary N) is 1. The first-order valence-corrected chi connectivity index (χ1v) is 8.51. The van der Waals surface area contributed by atoms with Crippen LogP contribution in [0.4, 0.5) is 16.6 Å². The Hall–Kier alpha value is -2.69. The maximum absolute atomic E-state index is 8.94. The number of aromatic nitrogens is 2. The first kappa shape index (κ1) is 14.9. The number of morpholine rings is 1. The van der Waals surface area contributed by atoms with Crippen LogP contribution in [0.1, 0.15) is 5.69 Å². The minimum absolute atomic E-state index is 0.397. The van der Waals surface area contributed by atoms with Gasteiger partial charge in [-0.15, -0.1) is 0 Å². The van der Waals surface area contributed by atoms with Gasteiger partial charge in [-0.2, -0.15) is 5.26 Å². The van der Waals surface area contributed by atoms with Crippen LogP contribution in [-0.4, -0.2) is 36.3 Å². The van der Waals surface area contributed by atoms with Crippen molar-refractivity contribution in [3.05, 3.63) is 42.1 Å². The molecule has 1 saturated heterocycles. The molecule has 120 valence electrons. The molecule has 0 aliphatic carbocycles. The van der Waals surface area contributed by atoms with E-state index in [2.05, 4.69) is 21.3 Å². The average molecular weight is 337 g/mol. The Kier molecular flexibility index (Phi) is 3.99. The molecule has 0 spiro atoms. The topological polar surface area (TPSA) is 74.1 Å². The number of thiazole rings is 1. The molecular weight excluding hydrogens is 322 g/mol. The second-order valence-electron chi connectivity index (χ2n) is 5.42. The SMILES string of the molecule is N#Cc1cccc(Nc2ccc3nc(N4CCOCC4)sc3c2)n1. The van der Waals surface area contributed by atoms with Crippen LogP contribution >= 0.6 is 11.3 Å². The van der Waals surface area contributed by atoms with Crippen molar-refractivity contribution >= 4 is 38.2 Å². The molecule has 7 heteroatoms. The van der Waals surface area contributed by atoms with Crippen molar-refractivity contribution in [2.45, 2.75) is 0 Å². The molecule has 2 aromatic heterocycles. The molecule has 0 saturated carbocycles. The van der Waals surface area contributed by atoms with E-state index in [1.165, 1.54) is 0 Å². The van der Waals surface area contributed by atoms with Gasteiger partial charge in [0.25, 0.3) is 0 Å². The van der Waals surface area contributed by atoms with Gasteiger partial charge in [-0.05, 0) is 30.3 Å². The van der Waals surface area contributed by atoms with Crippen LogP contribution in [0, 0.1) is 11.3 Å². The maximum atomic E-state index is 8.94. The lowest BCUT2D eigenvalue weighted by atomic mass is 10.3. The zero-order chi connectivity index (χ0) is 16.4. The van der Waals surface area contributed by atoms with E-state index >= 15 is 0 Å². The van der Waals surface area contributed by atoms with E-state index in [0.29, 0.717) is 11.5 Å². The van der Waals surface area contributed by atoms with Crippen molar-refractivity contribution in [3.8, 4) is 6.07 Å². The van der Waals surface area contributed by atoms with Gasteiger partial charge in [0, 0.05) is 18.8 Å². The molecule has 3 heterocycles. The number of nitrogens with zero attached hydrogens (tertiary/aromatic N) is 4. The number of rotatable bonds is 3. The van der Waals surface area contributed by atoms with Gasteiger partial charge in [0.05, 0.1) is 23.4 Å². The number of ether oxygens (including phenoxy) is 1. The Bertz CT molecular complexity index is 911. The van der Waals surface area contributed by atoms with Crippen LogP contribution in [0.25, 0.3) is 10.2 Å². The van der Waals surface area contributed by atoms with Crippen molar-refractivity contribution in [2.75, 3.05) is 36.5 Å². The number of pyridine rings is 1. The lowest BCUT2D eigenvalue weighted by Gasteiger charge is -2.25. The van der Waals surface area contributed by atoms with Gasteiger partial charge in [0.15, 0.2) is 5.13 Å². The van der Waals surface area contributed by atoms with Crippen LogP contribution in [0.2, 0.25) is 0 Å². The van der Waals surface area contributed by atoms with Gasteiger partial charge in [0.2, 0.25) is 0 Å². The summed E-state index contributed by atoms with van der Waals surface area (Å²) in [6.45, 7) is 3.28. The number of benzene rings is 1. The monoisotopic (exact) mass is 337 g/mol. The largest absolute Gasteiger partial charge is 0.378 e. The summed E-state index contributed by atoms with van der Waals surface area (Å²) in [7, 11) is 0. The zero-order valence-electron chi connectivity index (χ0n) is 12.9. The lowest BCUT2D eigenvalue weighted by Crippen LogP contribution is -2.36. The molecule has 0 atom stereocenters. The number of hydrogen-bond donors (Lipinski definition) is 1. The summed E-state index contributed by atoms with van der Waals surface area (Å²) in [4.78, 5) is 11.2. The van der Waals surface area contributed by atoms with E-state index in [4.69, 9.17) is 15.0 Å². The normalized spacial score (nSPS) is 14.5. The highest BCUT2D eigenvalue weighted by molar-refractivity contribution is 7.22. The highest BCUT2D eigenvalue weighted by Crippen LogP contribution is 2.31. The molecule has 3 aromatic rings. The molecule has 0 radical (unpaired) electrons. The van der Waals surface area contributed by atoms with Gasteiger partial charge in [0.1, 0.15) is 17.6 Å². The molecule has 0 unspecified atom stereocenters. The predicted octanol–water partition coefficient (Wildman–Crippen LogP) is 3.14. The smallest absolute Gasteiger partial charge is 0.186 e. The van der Waals surface area contributed by atoms with Gasteiger partial charge >= 0.3 is 0 Å². The summed E-state index contributed by atoms with van der Waals surface area (Å²) < 4.78 is 6.52. The van der Waals surface area contributed by atoms with Crippen LogP contribution in [0.3, 0.4) is 0 Å². The molecule has 24 heavy (non-hydrogen) atoms. The van der Waals surface area contributed by atoms with E-state index in [-0.39, 0.29) is 0 Å². The Morgan fingerprint density at radius 1 is 1.17 bits per heavy atom. The fourth-order valence-electron chi connectivity index (χ4n) is 2.59. The van der Waals surface area contributed by atoms with Gasteiger partial charge in [-0.1, -0.05) is 17.4 Å². The third-order valence-electron chi connectivity index (χ3n) is 3.79. The second kappa shape index (κ2) is 6.43. The molecule has 1 fully saturated rings. The van der Waals surface area contributed by atoms with Crippen molar-refractivity contribution in [1.82, 2.24) is 9.97 Å². The Labute approximate surface area is 143 Å². The maximum Gasteiger partial charge on any atom is 0.186 e. The molecule has 1 N–H and O–H groups in total. The summed E-state index contributed by atoms with van der Waals surface area (Å²) in [6, 6.07) is 13.4. The number of hydrogen-bond acceptors (Lipinski definition) is 7. The predicted molar refractivity (Wildman–Crippen MR) is 94.9 cm³/mol. The van der Waals surface area contributed by atoms with E-state index in [1.807, 2.05) is 30.3 Å². The van der Waals surface area contributed by atoms with Crippen LogP contribution in [0.15, 0.2) is 36.4 Å². The van der Waals surface area contributed by atoms with Crippen molar-refractivity contribution < 1.29 is 4.74 Å². The first-order chi connectivity index (χ1) is 11.8. The highest BCUT2D eigenvalue weighted by atomic mass is 32.1. The summed E-state index contributed by atoms with van der Waals surface area (Å²) >= 11 is 1.68. The Morgan fingerprint density at radius 2 is 2.04 bits per heavy atom. The summed E-state index contributed by atoms with van der Waals surface area (Å²) in [5.41, 5.74) is 2.32. The van der Waals surface area contributed by atoms with Crippen molar-refractivity contribution in [3.63, 3.8) is 0 Å². The fourth-order valence-corrected chi connectivity index (χ4v) is 3.65. The lowest BCUT2D eigenvalue weighted by molar-refractivity contribution is 0.122. The highest BCUT2D eigenvalue weighted by Gasteiger charge is 2.15. The van der Waals surface area contributed by atoms with E-state index in [9.17, 15) is 0 Å². The molecule has 0 bridgehead atoms. The molecule has 1 aromatic carbocycles. The first-order valence-electron chi connectivity index (χ1n) is 7.69. The Balaban J connectivity index is 1.59. The minimum atomic E-state index is 0.397. The minimum Gasteiger partial charge on any atom is -0.378 e. The quantitative estimate of drug-likeness (QED) is 0.791. The standard InChI is InChI=1S/C17H15N5OS/c18-11-13-2-1-3-16(20-13)19-12-4-5-14-15(10-12)24-17(21-14)22-6-8-23-9-7-22/h1-5,10H,6-9H2,(H,19,20). The molecule has 4 rings (SSSR count). The van der Waals surface area contributed by atoms with Crippen LogP contribution in [0.5, 0.6) is 0 Å². The molecule has 6 nitrogen and oxygen atoms in total. The fraction of sp³-hybridized carbons (Fsp3) is 0.235. The Morgan fingerprint density at radius 3 is 2.88 bits per heavy atom. The number of nitriles is 1. The van der Waals surface area contributed by atoms with Crippen LogP contribution < -0.4 is 10.2 Å². The summed E-state index contributed by atoms with van der Waals surface area (Å²) in [6.07, 6.45) is 0.